The molecule has 1 amide bonds. The van der Waals surface area contributed by atoms with Crippen LogP contribution in [0.3, 0.4) is 0 Å². The van der Waals surface area contributed by atoms with Crippen LogP contribution < -0.4 is 14.8 Å². The summed E-state index contributed by atoms with van der Waals surface area (Å²) in [4.78, 5) is 12.4. The van der Waals surface area contributed by atoms with Crippen LogP contribution >= 0.6 is 23.2 Å². The van der Waals surface area contributed by atoms with E-state index >= 15 is 0 Å². The SMILES string of the molecule is CC[C@@H](Oc1cccc(Cl)c1)C(=O)Nc1cc(Cl)ccc1OC. The Hall–Kier alpha value is -1.91. The Balaban J connectivity index is 2.13. The number of halogens is 2. The van der Waals surface area contributed by atoms with E-state index in [0.717, 1.165) is 0 Å². The van der Waals surface area contributed by atoms with Crippen LogP contribution in [0.5, 0.6) is 11.5 Å². The molecule has 0 radical (unpaired) electrons. The van der Waals surface area contributed by atoms with Gasteiger partial charge in [0.2, 0.25) is 0 Å². The minimum absolute atomic E-state index is 0.284. The van der Waals surface area contributed by atoms with E-state index in [9.17, 15) is 4.79 Å². The van der Waals surface area contributed by atoms with Gasteiger partial charge in [-0.1, -0.05) is 36.2 Å². The number of ether oxygens (including phenoxy) is 2. The average Bonchev–Trinajstić information content (AvgIpc) is 2.53. The molecule has 0 heterocycles. The van der Waals surface area contributed by atoms with E-state index in [2.05, 4.69) is 5.32 Å². The van der Waals surface area contributed by atoms with E-state index in [0.29, 0.717) is 33.7 Å². The highest BCUT2D eigenvalue weighted by Crippen LogP contribution is 2.28. The first-order valence-corrected chi connectivity index (χ1v) is 7.85. The minimum atomic E-state index is -0.655. The van der Waals surface area contributed by atoms with E-state index in [1.807, 2.05) is 6.92 Å². The van der Waals surface area contributed by atoms with Crippen LogP contribution in [0.1, 0.15) is 13.3 Å². The summed E-state index contributed by atoms with van der Waals surface area (Å²) >= 11 is 11.9. The molecule has 0 aromatic heterocycles. The van der Waals surface area contributed by atoms with Crippen molar-refractivity contribution < 1.29 is 14.3 Å². The number of methoxy groups -OCH3 is 1. The standard InChI is InChI=1S/C17H17Cl2NO3/c1-3-15(23-13-6-4-5-11(18)9-13)17(21)20-14-10-12(19)7-8-16(14)22-2/h4-10,15H,3H2,1-2H3,(H,20,21)/t15-/m1/s1. The fraction of sp³-hybridized carbons (Fsp3) is 0.235. The van der Waals surface area contributed by atoms with Crippen molar-refractivity contribution in [2.45, 2.75) is 19.4 Å². The summed E-state index contributed by atoms with van der Waals surface area (Å²) in [5.74, 6) is 0.783. The van der Waals surface area contributed by atoms with E-state index in [-0.39, 0.29) is 5.91 Å². The van der Waals surface area contributed by atoms with Gasteiger partial charge >= 0.3 is 0 Å². The van der Waals surface area contributed by atoms with Crippen molar-refractivity contribution in [3.05, 3.63) is 52.5 Å². The third kappa shape index (κ3) is 4.78. The molecule has 0 unspecified atom stereocenters. The number of anilines is 1. The van der Waals surface area contributed by atoms with Gasteiger partial charge in [0.15, 0.2) is 6.10 Å². The third-order valence-electron chi connectivity index (χ3n) is 3.16. The fourth-order valence-corrected chi connectivity index (χ4v) is 2.37. The zero-order chi connectivity index (χ0) is 16.8. The Morgan fingerprint density at radius 1 is 1.17 bits per heavy atom. The maximum Gasteiger partial charge on any atom is 0.265 e. The van der Waals surface area contributed by atoms with Crippen LogP contribution in [0.4, 0.5) is 5.69 Å². The fourth-order valence-electron chi connectivity index (χ4n) is 2.02. The molecule has 0 aliphatic rings. The van der Waals surface area contributed by atoms with Gasteiger partial charge in [0.25, 0.3) is 5.91 Å². The summed E-state index contributed by atoms with van der Waals surface area (Å²) < 4.78 is 10.9. The van der Waals surface area contributed by atoms with E-state index in [1.165, 1.54) is 7.11 Å². The summed E-state index contributed by atoms with van der Waals surface area (Å²) in [5, 5.41) is 3.84. The van der Waals surface area contributed by atoms with Gasteiger partial charge in [0.05, 0.1) is 12.8 Å². The maximum absolute atomic E-state index is 12.4. The number of nitrogens with one attached hydrogen (secondary N) is 1. The predicted molar refractivity (Wildman–Crippen MR) is 92.8 cm³/mol. The van der Waals surface area contributed by atoms with Crippen LogP contribution in [-0.2, 0) is 4.79 Å². The maximum atomic E-state index is 12.4. The first-order valence-electron chi connectivity index (χ1n) is 7.10. The van der Waals surface area contributed by atoms with Crippen LogP contribution in [0, 0.1) is 0 Å². The van der Waals surface area contributed by atoms with Gasteiger partial charge in [-0.2, -0.15) is 0 Å². The summed E-state index contributed by atoms with van der Waals surface area (Å²) in [6.45, 7) is 1.87. The second kappa shape index (κ2) is 8.09. The molecular formula is C17H17Cl2NO3. The normalized spacial score (nSPS) is 11.7. The Labute approximate surface area is 145 Å². The number of amides is 1. The lowest BCUT2D eigenvalue weighted by Gasteiger charge is -2.18. The smallest absolute Gasteiger partial charge is 0.265 e. The highest BCUT2D eigenvalue weighted by atomic mass is 35.5. The summed E-state index contributed by atoms with van der Waals surface area (Å²) in [7, 11) is 1.53. The first-order chi connectivity index (χ1) is 11.0. The van der Waals surface area contributed by atoms with Crippen LogP contribution in [0.15, 0.2) is 42.5 Å². The van der Waals surface area contributed by atoms with Crippen LogP contribution in [0.25, 0.3) is 0 Å². The molecule has 0 aliphatic carbocycles. The van der Waals surface area contributed by atoms with E-state index in [1.54, 1.807) is 42.5 Å². The number of carbonyl (C=O) groups excluding carboxylic acids is 1. The van der Waals surface area contributed by atoms with Crippen molar-refractivity contribution in [3.63, 3.8) is 0 Å². The second-order valence-electron chi connectivity index (χ2n) is 4.81. The second-order valence-corrected chi connectivity index (χ2v) is 5.68. The van der Waals surface area contributed by atoms with Crippen LogP contribution in [-0.4, -0.2) is 19.1 Å². The number of hydrogen-bond donors (Lipinski definition) is 1. The van der Waals surface area contributed by atoms with Crippen molar-refractivity contribution in [1.82, 2.24) is 0 Å². The zero-order valence-electron chi connectivity index (χ0n) is 12.8. The first kappa shape index (κ1) is 17.4. The summed E-state index contributed by atoms with van der Waals surface area (Å²) in [6, 6.07) is 11.9. The zero-order valence-corrected chi connectivity index (χ0v) is 14.3. The topological polar surface area (TPSA) is 47.6 Å². The van der Waals surface area contributed by atoms with Crippen molar-refractivity contribution >= 4 is 34.8 Å². The Morgan fingerprint density at radius 2 is 1.91 bits per heavy atom. The quantitative estimate of drug-likeness (QED) is 0.811. The molecule has 0 spiro atoms. The van der Waals surface area contributed by atoms with Gasteiger partial charge in [-0.15, -0.1) is 0 Å². The molecule has 4 nitrogen and oxygen atoms in total. The molecule has 23 heavy (non-hydrogen) atoms. The Morgan fingerprint density at radius 3 is 2.57 bits per heavy atom. The molecule has 0 saturated carbocycles. The van der Waals surface area contributed by atoms with E-state index < -0.39 is 6.10 Å². The highest BCUT2D eigenvalue weighted by Gasteiger charge is 2.20. The van der Waals surface area contributed by atoms with Crippen molar-refractivity contribution in [3.8, 4) is 11.5 Å². The molecule has 1 atom stereocenters. The number of hydrogen-bond acceptors (Lipinski definition) is 3. The lowest BCUT2D eigenvalue weighted by Crippen LogP contribution is -2.32. The molecule has 2 aromatic rings. The van der Waals surface area contributed by atoms with Crippen molar-refractivity contribution in [2.75, 3.05) is 12.4 Å². The van der Waals surface area contributed by atoms with E-state index in [4.69, 9.17) is 32.7 Å². The molecule has 0 saturated heterocycles. The summed E-state index contributed by atoms with van der Waals surface area (Å²) in [5.41, 5.74) is 0.498. The molecule has 2 aromatic carbocycles. The van der Waals surface area contributed by atoms with Gasteiger partial charge in [0, 0.05) is 10.0 Å². The van der Waals surface area contributed by atoms with Gasteiger partial charge < -0.3 is 14.8 Å². The van der Waals surface area contributed by atoms with Crippen molar-refractivity contribution in [1.29, 1.82) is 0 Å². The Bertz CT molecular complexity index is 691. The monoisotopic (exact) mass is 353 g/mol. The molecule has 6 heteroatoms. The van der Waals surface area contributed by atoms with Gasteiger partial charge in [-0.3, -0.25) is 4.79 Å². The lowest BCUT2D eigenvalue weighted by molar-refractivity contribution is -0.122. The Kier molecular flexibility index (Phi) is 6.13. The molecule has 2 rings (SSSR count). The molecular weight excluding hydrogens is 337 g/mol. The number of carbonyl (C=O) groups is 1. The third-order valence-corrected chi connectivity index (χ3v) is 3.63. The largest absolute Gasteiger partial charge is 0.495 e. The molecule has 0 bridgehead atoms. The number of benzene rings is 2. The van der Waals surface area contributed by atoms with Gasteiger partial charge in [-0.25, -0.2) is 0 Å². The lowest BCUT2D eigenvalue weighted by atomic mass is 10.2. The molecule has 1 N–H and O–H groups in total. The molecule has 122 valence electrons. The predicted octanol–water partition coefficient (Wildman–Crippen LogP) is 4.80. The van der Waals surface area contributed by atoms with Gasteiger partial charge in [0.1, 0.15) is 11.5 Å². The highest BCUT2D eigenvalue weighted by molar-refractivity contribution is 6.31. The molecule has 0 aliphatic heterocycles. The number of rotatable bonds is 6. The average molecular weight is 354 g/mol. The van der Waals surface area contributed by atoms with Gasteiger partial charge in [-0.05, 0) is 42.8 Å². The molecule has 0 fully saturated rings. The van der Waals surface area contributed by atoms with Crippen LogP contribution in [0.2, 0.25) is 10.0 Å². The van der Waals surface area contributed by atoms with Crippen molar-refractivity contribution in [2.24, 2.45) is 0 Å². The minimum Gasteiger partial charge on any atom is -0.495 e. The summed E-state index contributed by atoms with van der Waals surface area (Å²) in [6.07, 6.45) is -0.154.